The molecule has 0 saturated heterocycles. The molecule has 9 aromatic rings. The van der Waals surface area contributed by atoms with Gasteiger partial charge in [0, 0.05) is 27.1 Å². The highest BCUT2D eigenvalue weighted by Crippen LogP contribution is 2.35. The van der Waals surface area contributed by atoms with Crippen LogP contribution in [-0.2, 0) is 0 Å². The number of hydrogen-bond donors (Lipinski definition) is 0. The lowest BCUT2D eigenvalue weighted by molar-refractivity contribution is 0.669. The fraction of sp³-hybridized carbons (Fsp3) is 0. The first-order valence-electron chi connectivity index (χ1n) is 16.3. The van der Waals surface area contributed by atoms with E-state index >= 15 is 0 Å². The minimum Gasteiger partial charge on any atom is -0.456 e. The Kier molecular flexibility index (Phi) is 3.47. The van der Waals surface area contributed by atoms with Gasteiger partial charge in [0.1, 0.15) is 11.2 Å². The van der Waals surface area contributed by atoms with Gasteiger partial charge in [-0.2, -0.15) is 9.97 Å². The Balaban J connectivity index is 1.39. The molecule has 41 heavy (non-hydrogen) atoms. The predicted molar refractivity (Wildman–Crippen MR) is 165 cm³/mol. The van der Waals surface area contributed by atoms with Gasteiger partial charge in [-0.15, -0.1) is 11.3 Å². The maximum Gasteiger partial charge on any atom is 0.238 e. The summed E-state index contributed by atoms with van der Waals surface area (Å²) in [6.45, 7) is 0. The summed E-state index contributed by atoms with van der Waals surface area (Å²) < 4.78 is 69.2. The van der Waals surface area contributed by atoms with Crippen molar-refractivity contribution in [2.75, 3.05) is 0 Å². The van der Waals surface area contributed by atoms with Crippen LogP contribution in [0.5, 0.6) is 0 Å². The topological polar surface area (TPSA) is 69.6 Å². The number of benzene rings is 5. The molecule has 0 spiro atoms. The maximum atomic E-state index is 9.23. The highest BCUT2D eigenvalue weighted by atomic mass is 32.1. The van der Waals surface area contributed by atoms with Crippen LogP contribution in [0.2, 0.25) is 0 Å². The van der Waals surface area contributed by atoms with Crippen molar-refractivity contribution in [1.82, 2.24) is 24.5 Å². The minimum atomic E-state index is -0.496. The SMILES string of the molecule is [2H]c1c([2H])c([2H])c2c(oc3c([2H])c(-c4nc(-c5nc6ccccc6s5)nc(-n5c6ccccc6c6ccccc65)n4)c([2H])c([2H])c32)c1[2H]. The summed E-state index contributed by atoms with van der Waals surface area (Å²) in [4.78, 5) is 19.2. The van der Waals surface area contributed by atoms with Crippen molar-refractivity contribution in [1.29, 1.82) is 0 Å². The second kappa shape index (κ2) is 8.55. The molecule has 0 aliphatic carbocycles. The molecule has 0 amide bonds. The largest absolute Gasteiger partial charge is 0.456 e. The van der Waals surface area contributed by atoms with Crippen molar-refractivity contribution < 1.29 is 14.0 Å². The van der Waals surface area contributed by atoms with Gasteiger partial charge in [0.05, 0.1) is 30.8 Å². The summed E-state index contributed by atoms with van der Waals surface area (Å²) in [5.41, 5.74) is 1.98. The summed E-state index contributed by atoms with van der Waals surface area (Å²) in [6, 6.07) is 20.4. The monoisotopic (exact) mass is 552 g/mol. The van der Waals surface area contributed by atoms with Gasteiger partial charge in [-0.25, -0.2) is 9.97 Å². The number of fused-ring (bicyclic) bond motifs is 7. The number of rotatable bonds is 3. The van der Waals surface area contributed by atoms with Crippen molar-refractivity contribution in [3.05, 3.63) is 115 Å². The molecule has 0 aliphatic rings. The predicted octanol–water partition coefficient (Wildman–Crippen LogP) is 8.81. The van der Waals surface area contributed by atoms with Crippen LogP contribution in [0.4, 0.5) is 0 Å². The van der Waals surface area contributed by atoms with Gasteiger partial charge in [0.15, 0.2) is 16.7 Å². The van der Waals surface area contributed by atoms with E-state index in [9.17, 15) is 1.37 Å². The molecule has 6 nitrogen and oxygen atoms in total. The molecule has 5 aromatic carbocycles. The molecule has 0 N–H and O–H groups in total. The Labute approximate surface area is 247 Å². The van der Waals surface area contributed by atoms with E-state index in [1.807, 2.05) is 77.4 Å². The molecule has 0 saturated carbocycles. The van der Waals surface area contributed by atoms with Crippen molar-refractivity contribution in [3.63, 3.8) is 0 Å². The Bertz CT molecular complexity index is 2760. The van der Waals surface area contributed by atoms with Gasteiger partial charge in [0.2, 0.25) is 5.95 Å². The van der Waals surface area contributed by atoms with Gasteiger partial charge in [-0.3, -0.25) is 4.57 Å². The molecule has 0 aliphatic heterocycles. The van der Waals surface area contributed by atoms with E-state index in [4.69, 9.17) is 32.6 Å². The molecular weight excluding hydrogens is 526 g/mol. The van der Waals surface area contributed by atoms with Crippen LogP contribution < -0.4 is 0 Å². The lowest BCUT2D eigenvalue weighted by atomic mass is 10.1. The van der Waals surface area contributed by atoms with E-state index in [0.717, 1.165) is 32.0 Å². The molecule has 7 heteroatoms. The second-order valence-corrected chi connectivity index (χ2v) is 10.4. The average Bonchev–Trinajstić information content (AvgIpc) is 3.81. The summed E-state index contributed by atoms with van der Waals surface area (Å²) in [5, 5.41) is 2.37. The lowest BCUT2D eigenvalue weighted by Crippen LogP contribution is -2.06. The molecule has 0 radical (unpaired) electrons. The highest BCUT2D eigenvalue weighted by molar-refractivity contribution is 7.21. The highest BCUT2D eigenvalue weighted by Gasteiger charge is 2.19. The quantitative estimate of drug-likeness (QED) is 0.219. The Morgan fingerprint density at radius 3 is 2.17 bits per heavy atom. The van der Waals surface area contributed by atoms with Crippen LogP contribution in [0, 0.1) is 0 Å². The lowest BCUT2D eigenvalue weighted by Gasteiger charge is -2.09. The van der Waals surface area contributed by atoms with Crippen molar-refractivity contribution in [2.45, 2.75) is 0 Å². The smallest absolute Gasteiger partial charge is 0.238 e. The molecule has 4 aromatic heterocycles. The summed E-state index contributed by atoms with van der Waals surface area (Å²) in [7, 11) is 0. The zero-order valence-electron chi connectivity index (χ0n) is 28.0. The molecule has 192 valence electrons. The van der Waals surface area contributed by atoms with E-state index in [1.54, 1.807) is 0 Å². The summed E-state index contributed by atoms with van der Waals surface area (Å²) in [5.74, 6) is 0.385. The van der Waals surface area contributed by atoms with Crippen LogP contribution in [0.15, 0.2) is 120 Å². The van der Waals surface area contributed by atoms with Gasteiger partial charge in [0.25, 0.3) is 0 Å². The van der Waals surface area contributed by atoms with E-state index < -0.39 is 30.2 Å². The first-order chi connectivity index (χ1) is 23.2. The zero-order chi connectivity index (χ0) is 33.0. The fourth-order valence-corrected chi connectivity index (χ4v) is 6.09. The van der Waals surface area contributed by atoms with E-state index in [1.165, 1.54) is 11.3 Å². The van der Waals surface area contributed by atoms with E-state index in [2.05, 4.69) is 0 Å². The standard InChI is InChI=1S/C34H19N5OS/c1-5-13-26-21(9-1)22-10-2-6-14-27(22)39(26)34-37-31(36-32(38-34)33-35-25-12-4-8-16-30(25)41-33)20-17-18-24-23-11-3-7-15-28(23)40-29(24)19-20/h1-19H/i3D,7D,11D,15D,17D,18D,19D. The fourth-order valence-electron chi connectivity index (χ4n) is 5.19. The number of hydrogen-bond acceptors (Lipinski definition) is 6. The molecular formula is C34H19N5OS. The molecule has 0 unspecified atom stereocenters. The second-order valence-electron chi connectivity index (χ2n) is 9.40. The third-order valence-corrected chi connectivity index (χ3v) is 8.03. The molecule has 0 atom stereocenters. The van der Waals surface area contributed by atoms with Crippen LogP contribution in [0.3, 0.4) is 0 Å². The molecule has 0 fully saturated rings. The van der Waals surface area contributed by atoms with Crippen molar-refractivity contribution >= 4 is 65.3 Å². The summed E-state index contributed by atoms with van der Waals surface area (Å²) >= 11 is 1.39. The first kappa shape index (κ1) is 16.6. The number of furan rings is 1. The van der Waals surface area contributed by atoms with Crippen LogP contribution in [-0.4, -0.2) is 24.5 Å². The van der Waals surface area contributed by atoms with Crippen molar-refractivity contribution in [3.8, 4) is 28.2 Å². The molecule has 4 heterocycles. The van der Waals surface area contributed by atoms with Gasteiger partial charge >= 0.3 is 0 Å². The average molecular weight is 553 g/mol. The van der Waals surface area contributed by atoms with Crippen molar-refractivity contribution in [2.24, 2.45) is 0 Å². The van der Waals surface area contributed by atoms with E-state index in [0.29, 0.717) is 5.01 Å². The van der Waals surface area contributed by atoms with Gasteiger partial charge < -0.3 is 4.42 Å². The third kappa shape index (κ3) is 3.43. The number of thiazole rings is 1. The molecule has 0 bridgehead atoms. The van der Waals surface area contributed by atoms with Gasteiger partial charge in [-0.05, 0) is 42.4 Å². The Morgan fingerprint density at radius 2 is 1.34 bits per heavy atom. The first-order valence-corrected chi connectivity index (χ1v) is 13.6. The van der Waals surface area contributed by atoms with Crippen LogP contribution in [0.25, 0.3) is 82.1 Å². The Morgan fingerprint density at radius 1 is 0.634 bits per heavy atom. The van der Waals surface area contributed by atoms with Gasteiger partial charge in [-0.1, -0.05) is 72.7 Å². The minimum absolute atomic E-state index is 0.0428. The Hall–Kier alpha value is -5.40. The number of aromatic nitrogens is 5. The number of nitrogens with zero attached hydrogens (tertiary/aromatic N) is 5. The molecule has 9 rings (SSSR count). The van der Waals surface area contributed by atoms with Crippen LogP contribution >= 0.6 is 11.3 Å². The van der Waals surface area contributed by atoms with Crippen LogP contribution in [0.1, 0.15) is 9.60 Å². The normalized spacial score (nSPS) is 14.3. The summed E-state index contributed by atoms with van der Waals surface area (Å²) in [6.07, 6.45) is 0. The zero-order valence-corrected chi connectivity index (χ0v) is 21.8. The van der Waals surface area contributed by atoms with E-state index in [-0.39, 0.29) is 57.2 Å². The maximum absolute atomic E-state index is 9.23. The third-order valence-electron chi connectivity index (χ3n) is 7.00. The number of para-hydroxylation sites is 4.